The zero-order valence-electron chi connectivity index (χ0n) is 13.9. The molecule has 0 saturated heterocycles. The molecule has 1 atom stereocenters. The standard InChI is InChI=1S/C17H26N4O/c1-5-16-17(22)20(4)14(2)12-18-10-11-19(3)13-21(16)15-8-6-7-9-15/h6-10,12,15-16H,5,11,13H2,1-4H3/b14-12+,18-10?/t16-/m1/s1. The Hall–Kier alpha value is -1.72. The minimum absolute atomic E-state index is 0.121. The minimum atomic E-state index is -0.147. The fraction of sp³-hybridized carbons (Fsp3) is 0.529. The maximum atomic E-state index is 12.9. The van der Waals surface area contributed by atoms with Crippen LogP contribution in [0.15, 0.2) is 41.2 Å². The van der Waals surface area contributed by atoms with Gasteiger partial charge in [-0.3, -0.25) is 19.6 Å². The lowest BCUT2D eigenvalue weighted by molar-refractivity contribution is -0.135. The zero-order valence-corrected chi connectivity index (χ0v) is 13.9. The summed E-state index contributed by atoms with van der Waals surface area (Å²) in [5.74, 6) is 0.121. The van der Waals surface area contributed by atoms with Crippen molar-refractivity contribution >= 4 is 12.1 Å². The molecule has 0 unspecified atom stereocenters. The number of carbonyl (C=O) groups is 1. The molecule has 0 fully saturated rings. The van der Waals surface area contributed by atoms with Gasteiger partial charge in [0, 0.05) is 37.7 Å². The van der Waals surface area contributed by atoms with Gasteiger partial charge in [0.15, 0.2) is 0 Å². The number of carbonyl (C=O) groups excluding carboxylic acids is 1. The highest BCUT2D eigenvalue weighted by Crippen LogP contribution is 2.19. The Morgan fingerprint density at radius 2 is 1.95 bits per heavy atom. The van der Waals surface area contributed by atoms with Crippen LogP contribution in [-0.4, -0.2) is 66.2 Å². The number of aliphatic imine (C=N–C) groups is 1. The van der Waals surface area contributed by atoms with E-state index in [1.165, 1.54) is 0 Å². The van der Waals surface area contributed by atoms with Crippen LogP contribution in [0, 0.1) is 0 Å². The molecule has 1 heterocycles. The van der Waals surface area contributed by atoms with Crippen molar-refractivity contribution in [1.29, 1.82) is 0 Å². The smallest absolute Gasteiger partial charge is 0.243 e. The van der Waals surface area contributed by atoms with Crippen molar-refractivity contribution in [2.24, 2.45) is 4.99 Å². The van der Waals surface area contributed by atoms with E-state index in [1.54, 1.807) is 11.1 Å². The van der Waals surface area contributed by atoms with E-state index in [4.69, 9.17) is 0 Å². The number of amides is 1. The second-order valence-electron chi connectivity index (χ2n) is 5.88. The van der Waals surface area contributed by atoms with Gasteiger partial charge < -0.3 is 4.90 Å². The zero-order chi connectivity index (χ0) is 16.1. The molecule has 0 aromatic rings. The highest BCUT2D eigenvalue weighted by atomic mass is 16.2. The van der Waals surface area contributed by atoms with Crippen molar-refractivity contribution < 1.29 is 4.79 Å². The third-order valence-electron chi connectivity index (χ3n) is 4.21. The fourth-order valence-corrected chi connectivity index (χ4v) is 2.76. The molecule has 2 rings (SSSR count). The Bertz CT molecular complexity index is 509. The first kappa shape index (κ1) is 16.6. The van der Waals surface area contributed by atoms with E-state index in [1.807, 2.05) is 32.3 Å². The average Bonchev–Trinajstić information content (AvgIpc) is 3.03. The highest BCUT2D eigenvalue weighted by Gasteiger charge is 2.32. The largest absolute Gasteiger partial charge is 0.317 e. The van der Waals surface area contributed by atoms with Gasteiger partial charge in [-0.05, 0) is 20.4 Å². The summed E-state index contributed by atoms with van der Waals surface area (Å²) in [5, 5.41) is 0. The Morgan fingerprint density at radius 1 is 1.27 bits per heavy atom. The van der Waals surface area contributed by atoms with Crippen molar-refractivity contribution in [3.05, 3.63) is 36.2 Å². The monoisotopic (exact) mass is 302 g/mol. The fourth-order valence-electron chi connectivity index (χ4n) is 2.76. The van der Waals surface area contributed by atoms with Crippen LogP contribution in [0.2, 0.25) is 0 Å². The molecule has 2 aliphatic rings. The first-order valence-electron chi connectivity index (χ1n) is 7.79. The van der Waals surface area contributed by atoms with E-state index in [0.717, 1.165) is 25.3 Å². The number of hydrogen-bond donors (Lipinski definition) is 0. The molecule has 5 nitrogen and oxygen atoms in total. The lowest BCUT2D eigenvalue weighted by Gasteiger charge is -2.37. The third kappa shape index (κ3) is 3.72. The summed E-state index contributed by atoms with van der Waals surface area (Å²) in [6.07, 6.45) is 12.8. The summed E-state index contributed by atoms with van der Waals surface area (Å²) in [5.41, 5.74) is 0.863. The molecule has 0 bridgehead atoms. The van der Waals surface area contributed by atoms with Crippen LogP contribution in [0.5, 0.6) is 0 Å². The van der Waals surface area contributed by atoms with Crippen LogP contribution in [-0.2, 0) is 4.79 Å². The lowest BCUT2D eigenvalue weighted by atomic mass is 10.1. The Kier molecular flexibility index (Phi) is 5.69. The van der Waals surface area contributed by atoms with Gasteiger partial charge in [0.25, 0.3) is 0 Å². The summed E-state index contributed by atoms with van der Waals surface area (Å²) in [6, 6.07) is 0.0260. The van der Waals surface area contributed by atoms with Gasteiger partial charge in [-0.15, -0.1) is 0 Å². The van der Waals surface area contributed by atoms with Crippen molar-refractivity contribution in [2.75, 3.05) is 27.3 Å². The summed E-state index contributed by atoms with van der Waals surface area (Å²) in [7, 11) is 3.88. The van der Waals surface area contributed by atoms with Gasteiger partial charge in [-0.1, -0.05) is 31.2 Å². The van der Waals surface area contributed by atoms with E-state index in [9.17, 15) is 4.79 Å². The van der Waals surface area contributed by atoms with Crippen molar-refractivity contribution in [3.8, 4) is 0 Å². The van der Waals surface area contributed by atoms with Gasteiger partial charge in [0.2, 0.25) is 5.91 Å². The number of nitrogens with zero attached hydrogens (tertiary/aromatic N) is 4. The summed E-state index contributed by atoms with van der Waals surface area (Å²) in [4.78, 5) is 23.4. The summed E-state index contributed by atoms with van der Waals surface area (Å²) in [6.45, 7) is 5.47. The van der Waals surface area contributed by atoms with Crippen molar-refractivity contribution in [2.45, 2.75) is 32.4 Å². The Balaban J connectivity index is 2.34. The first-order chi connectivity index (χ1) is 10.5. The molecule has 120 valence electrons. The third-order valence-corrected chi connectivity index (χ3v) is 4.21. The second kappa shape index (κ2) is 7.51. The van der Waals surface area contributed by atoms with Crippen LogP contribution in [0.4, 0.5) is 0 Å². The predicted octanol–water partition coefficient (Wildman–Crippen LogP) is 1.85. The van der Waals surface area contributed by atoms with E-state index < -0.39 is 0 Å². The average molecular weight is 302 g/mol. The van der Waals surface area contributed by atoms with Crippen LogP contribution in [0.1, 0.15) is 20.3 Å². The topological polar surface area (TPSA) is 39.2 Å². The van der Waals surface area contributed by atoms with Crippen molar-refractivity contribution in [1.82, 2.24) is 14.7 Å². The molecule has 0 saturated carbocycles. The van der Waals surface area contributed by atoms with Crippen LogP contribution in [0.25, 0.3) is 0 Å². The maximum Gasteiger partial charge on any atom is 0.243 e. The summed E-state index contributed by atoms with van der Waals surface area (Å²) < 4.78 is 0. The number of rotatable bonds is 2. The molecule has 0 spiro atoms. The quantitative estimate of drug-likeness (QED) is 0.781. The second-order valence-corrected chi connectivity index (χ2v) is 5.88. The van der Waals surface area contributed by atoms with Gasteiger partial charge in [0.05, 0.1) is 12.7 Å². The first-order valence-corrected chi connectivity index (χ1v) is 7.79. The van der Waals surface area contributed by atoms with E-state index >= 15 is 0 Å². The van der Waals surface area contributed by atoms with Crippen LogP contribution >= 0.6 is 0 Å². The SMILES string of the molecule is CC[C@@H]1C(=O)N(C)/C(C)=C/N=CCN(C)CN1C1C=CC=C1. The molecule has 0 radical (unpaired) electrons. The number of likely N-dealkylation sites (N-methyl/N-ethyl adjacent to an activating group) is 1. The van der Waals surface area contributed by atoms with Gasteiger partial charge >= 0.3 is 0 Å². The van der Waals surface area contributed by atoms with Gasteiger partial charge in [-0.2, -0.15) is 0 Å². The number of allylic oxidation sites excluding steroid dienone is 3. The Morgan fingerprint density at radius 3 is 2.59 bits per heavy atom. The molecule has 0 aromatic carbocycles. The minimum Gasteiger partial charge on any atom is -0.317 e. The molecule has 0 aromatic heterocycles. The van der Waals surface area contributed by atoms with Gasteiger partial charge in [-0.25, -0.2) is 0 Å². The molecule has 1 amide bonds. The van der Waals surface area contributed by atoms with Crippen molar-refractivity contribution in [3.63, 3.8) is 0 Å². The molecule has 5 heteroatoms. The Labute approximate surface area is 133 Å². The molecule has 1 aliphatic heterocycles. The molecule has 0 N–H and O–H groups in total. The molecular weight excluding hydrogens is 276 g/mol. The van der Waals surface area contributed by atoms with Crippen LogP contribution < -0.4 is 0 Å². The van der Waals surface area contributed by atoms with Gasteiger partial charge in [0.1, 0.15) is 0 Å². The highest BCUT2D eigenvalue weighted by molar-refractivity contribution is 5.83. The maximum absolute atomic E-state index is 12.9. The lowest BCUT2D eigenvalue weighted by Crippen LogP contribution is -2.53. The van der Waals surface area contributed by atoms with E-state index in [0.29, 0.717) is 0 Å². The molecular formula is C17H26N4O. The normalized spacial score (nSPS) is 28.0. The van der Waals surface area contributed by atoms with Crippen LogP contribution in [0.3, 0.4) is 0 Å². The van der Waals surface area contributed by atoms with E-state index in [-0.39, 0.29) is 18.0 Å². The molecule has 22 heavy (non-hydrogen) atoms. The predicted molar refractivity (Wildman–Crippen MR) is 90.5 cm³/mol. The molecule has 1 aliphatic carbocycles. The number of hydrogen-bond acceptors (Lipinski definition) is 4. The van der Waals surface area contributed by atoms with E-state index in [2.05, 4.69) is 40.9 Å². The summed E-state index contributed by atoms with van der Waals surface area (Å²) >= 11 is 0.